The van der Waals surface area contributed by atoms with Crippen molar-refractivity contribution in [3.8, 4) is 5.75 Å². The van der Waals surface area contributed by atoms with Gasteiger partial charge >= 0.3 is 0 Å². The fourth-order valence-corrected chi connectivity index (χ4v) is 2.10. The van der Waals surface area contributed by atoms with Gasteiger partial charge in [0.05, 0.1) is 6.54 Å². The molecule has 0 aliphatic carbocycles. The largest absolute Gasteiger partial charge is 0.492 e. The molecule has 0 spiro atoms. The van der Waals surface area contributed by atoms with Crippen molar-refractivity contribution in [2.24, 2.45) is 0 Å². The van der Waals surface area contributed by atoms with E-state index in [0.29, 0.717) is 18.2 Å². The Morgan fingerprint density at radius 2 is 2.24 bits per heavy atom. The van der Waals surface area contributed by atoms with E-state index in [1.54, 1.807) is 0 Å². The molecule has 0 unspecified atom stereocenters. The highest BCUT2D eigenvalue weighted by Gasteiger charge is 2.08. The summed E-state index contributed by atoms with van der Waals surface area (Å²) in [6.07, 6.45) is 1.01. The zero-order valence-electron chi connectivity index (χ0n) is 12.4. The summed E-state index contributed by atoms with van der Waals surface area (Å²) in [5, 5.41) is 12.4. The monoisotopic (exact) mass is 309 g/mol. The first-order valence-corrected chi connectivity index (χ1v) is 7.38. The number of benzene rings is 1. The molecular formula is C14H20ClN5O. The molecule has 114 valence electrons. The van der Waals surface area contributed by atoms with Crippen molar-refractivity contribution in [2.75, 3.05) is 20.2 Å². The lowest BCUT2D eigenvalue weighted by atomic mass is 10.3. The van der Waals surface area contributed by atoms with Crippen molar-refractivity contribution in [2.45, 2.75) is 26.4 Å². The fraction of sp³-hybridized carbons (Fsp3) is 0.500. The third-order valence-electron chi connectivity index (χ3n) is 2.99. The fourth-order valence-electron chi connectivity index (χ4n) is 1.92. The van der Waals surface area contributed by atoms with Gasteiger partial charge < -0.3 is 4.74 Å². The van der Waals surface area contributed by atoms with Crippen LogP contribution in [0, 0.1) is 0 Å². The minimum Gasteiger partial charge on any atom is -0.492 e. The van der Waals surface area contributed by atoms with Gasteiger partial charge in [-0.1, -0.05) is 24.6 Å². The molecule has 0 fully saturated rings. The quantitative estimate of drug-likeness (QED) is 0.748. The van der Waals surface area contributed by atoms with Crippen molar-refractivity contribution in [1.82, 2.24) is 25.1 Å². The lowest BCUT2D eigenvalue weighted by Crippen LogP contribution is -2.25. The van der Waals surface area contributed by atoms with Crippen molar-refractivity contribution in [3.05, 3.63) is 35.1 Å². The van der Waals surface area contributed by atoms with Crippen LogP contribution >= 0.6 is 11.6 Å². The second-order valence-electron chi connectivity index (χ2n) is 4.86. The van der Waals surface area contributed by atoms with Gasteiger partial charge in [0.2, 0.25) is 0 Å². The minimum atomic E-state index is 0.589. The molecule has 2 aromatic rings. The van der Waals surface area contributed by atoms with Gasteiger partial charge in [-0.15, -0.1) is 5.10 Å². The van der Waals surface area contributed by atoms with E-state index in [1.807, 2.05) is 36.0 Å². The standard InChI is InChI=1S/C14H20ClN5O/c1-3-7-20-14(16-17-18-20)11-19(2)8-9-21-13-6-4-5-12(15)10-13/h4-6,10H,3,7-9,11H2,1-2H3. The predicted octanol–water partition coefficient (Wildman–Crippen LogP) is 2.25. The van der Waals surface area contributed by atoms with E-state index in [1.165, 1.54) is 0 Å². The zero-order chi connectivity index (χ0) is 15.1. The summed E-state index contributed by atoms with van der Waals surface area (Å²) < 4.78 is 7.51. The average Bonchev–Trinajstić information content (AvgIpc) is 2.86. The smallest absolute Gasteiger partial charge is 0.165 e. The molecule has 0 N–H and O–H groups in total. The molecule has 6 nitrogen and oxygen atoms in total. The van der Waals surface area contributed by atoms with E-state index in [9.17, 15) is 0 Å². The number of tetrazole rings is 1. The Kier molecular flexibility index (Phi) is 5.95. The van der Waals surface area contributed by atoms with Crippen molar-refractivity contribution >= 4 is 11.6 Å². The van der Waals surface area contributed by atoms with Gasteiger partial charge in [0, 0.05) is 18.1 Å². The van der Waals surface area contributed by atoms with Crippen LogP contribution in [0.25, 0.3) is 0 Å². The van der Waals surface area contributed by atoms with Crippen molar-refractivity contribution in [1.29, 1.82) is 0 Å². The summed E-state index contributed by atoms with van der Waals surface area (Å²) in [4.78, 5) is 2.13. The van der Waals surface area contributed by atoms with Crippen LogP contribution in [0.1, 0.15) is 19.2 Å². The molecule has 0 radical (unpaired) electrons. The molecule has 7 heteroatoms. The topological polar surface area (TPSA) is 56.1 Å². The first-order chi connectivity index (χ1) is 10.2. The maximum Gasteiger partial charge on any atom is 0.165 e. The van der Waals surface area contributed by atoms with Gasteiger partial charge in [-0.2, -0.15) is 0 Å². The first kappa shape index (κ1) is 15.7. The molecule has 0 saturated heterocycles. The molecule has 2 rings (SSSR count). The number of halogens is 1. The highest BCUT2D eigenvalue weighted by atomic mass is 35.5. The van der Waals surface area contributed by atoms with Crippen LogP contribution in [-0.2, 0) is 13.1 Å². The van der Waals surface area contributed by atoms with E-state index < -0.39 is 0 Å². The maximum atomic E-state index is 5.91. The second-order valence-corrected chi connectivity index (χ2v) is 5.30. The van der Waals surface area contributed by atoms with Crippen LogP contribution in [-0.4, -0.2) is 45.3 Å². The van der Waals surface area contributed by atoms with Crippen LogP contribution in [0.3, 0.4) is 0 Å². The molecule has 0 aliphatic rings. The summed E-state index contributed by atoms with van der Waals surface area (Å²) in [5.74, 6) is 1.66. The van der Waals surface area contributed by atoms with Gasteiger partial charge in [0.1, 0.15) is 12.4 Å². The number of hydrogen-bond acceptors (Lipinski definition) is 5. The number of nitrogens with zero attached hydrogens (tertiary/aromatic N) is 5. The Hall–Kier alpha value is -1.66. The molecular weight excluding hydrogens is 290 g/mol. The SMILES string of the molecule is CCCn1nnnc1CN(C)CCOc1cccc(Cl)c1. The highest BCUT2D eigenvalue weighted by Crippen LogP contribution is 2.16. The third kappa shape index (κ3) is 4.99. The Morgan fingerprint density at radius 3 is 3.00 bits per heavy atom. The lowest BCUT2D eigenvalue weighted by molar-refractivity contribution is 0.227. The molecule has 0 bridgehead atoms. The molecule has 0 saturated carbocycles. The van der Waals surface area contributed by atoms with Gasteiger partial charge in [-0.05, 0) is 42.1 Å². The van der Waals surface area contributed by atoms with E-state index in [0.717, 1.165) is 31.1 Å². The summed E-state index contributed by atoms with van der Waals surface area (Å²) in [5.41, 5.74) is 0. The molecule has 0 amide bonds. The van der Waals surface area contributed by atoms with Gasteiger partial charge in [-0.25, -0.2) is 4.68 Å². The van der Waals surface area contributed by atoms with Crippen molar-refractivity contribution in [3.63, 3.8) is 0 Å². The summed E-state index contributed by atoms with van der Waals surface area (Å²) in [6, 6.07) is 7.41. The van der Waals surface area contributed by atoms with Crippen LogP contribution in [0.4, 0.5) is 0 Å². The first-order valence-electron chi connectivity index (χ1n) is 7.01. The maximum absolute atomic E-state index is 5.91. The number of rotatable bonds is 8. The van der Waals surface area contributed by atoms with Gasteiger partial charge in [0.15, 0.2) is 5.82 Å². The number of ether oxygens (including phenoxy) is 1. The highest BCUT2D eigenvalue weighted by molar-refractivity contribution is 6.30. The summed E-state index contributed by atoms with van der Waals surface area (Å²) in [7, 11) is 2.02. The van der Waals surface area contributed by atoms with E-state index >= 15 is 0 Å². The molecule has 0 aliphatic heterocycles. The summed E-state index contributed by atoms with van der Waals surface area (Å²) >= 11 is 5.91. The minimum absolute atomic E-state index is 0.589. The van der Waals surface area contributed by atoms with Gasteiger partial charge in [0.25, 0.3) is 0 Å². The molecule has 1 aromatic heterocycles. The van der Waals surface area contributed by atoms with E-state index in [2.05, 4.69) is 27.3 Å². The molecule has 1 aromatic carbocycles. The van der Waals surface area contributed by atoms with Crippen LogP contribution in [0.5, 0.6) is 5.75 Å². The van der Waals surface area contributed by atoms with Crippen LogP contribution in [0.15, 0.2) is 24.3 Å². The molecule has 0 atom stereocenters. The van der Waals surface area contributed by atoms with Crippen LogP contribution < -0.4 is 4.74 Å². The predicted molar refractivity (Wildman–Crippen MR) is 81.4 cm³/mol. The molecule has 1 heterocycles. The van der Waals surface area contributed by atoms with E-state index in [4.69, 9.17) is 16.3 Å². The Balaban J connectivity index is 1.77. The molecule has 21 heavy (non-hydrogen) atoms. The Bertz CT molecular complexity index is 560. The summed E-state index contributed by atoms with van der Waals surface area (Å²) in [6.45, 7) is 5.02. The number of aryl methyl sites for hydroxylation is 1. The second kappa shape index (κ2) is 7.95. The number of aromatic nitrogens is 4. The van der Waals surface area contributed by atoms with Gasteiger partial charge in [-0.3, -0.25) is 4.90 Å². The zero-order valence-corrected chi connectivity index (χ0v) is 13.1. The third-order valence-corrected chi connectivity index (χ3v) is 3.23. The lowest BCUT2D eigenvalue weighted by Gasteiger charge is -2.16. The number of likely N-dealkylation sites (N-methyl/N-ethyl adjacent to an activating group) is 1. The van der Waals surface area contributed by atoms with E-state index in [-0.39, 0.29) is 0 Å². The number of hydrogen-bond donors (Lipinski definition) is 0. The van der Waals surface area contributed by atoms with Crippen molar-refractivity contribution < 1.29 is 4.74 Å². The normalized spacial score (nSPS) is 11.0. The average molecular weight is 310 g/mol. The van der Waals surface area contributed by atoms with Crippen LogP contribution in [0.2, 0.25) is 5.02 Å². The Morgan fingerprint density at radius 1 is 1.38 bits per heavy atom. The Labute approximate surface area is 129 Å².